The number of hydrogen-bond acceptors (Lipinski definition) is 3. The summed E-state index contributed by atoms with van der Waals surface area (Å²) in [6, 6.07) is 10.3. The molecule has 1 aromatic heterocycles. The summed E-state index contributed by atoms with van der Waals surface area (Å²) in [6.07, 6.45) is 1.97. The van der Waals surface area contributed by atoms with Gasteiger partial charge in [0.05, 0.1) is 0 Å². The fraction of sp³-hybridized carbons (Fsp3) is 0.357. The predicted molar refractivity (Wildman–Crippen MR) is 74.1 cm³/mol. The van der Waals surface area contributed by atoms with Gasteiger partial charge in [0.25, 0.3) is 0 Å². The molecule has 3 heteroatoms. The zero-order chi connectivity index (χ0) is 12.1. The lowest BCUT2D eigenvalue weighted by molar-refractivity contribution is 0.554. The normalized spacial score (nSPS) is 11.0. The molecule has 90 valence electrons. The molecule has 2 nitrogen and oxygen atoms in total. The second-order valence-corrected chi connectivity index (χ2v) is 5.64. The smallest absolute Gasteiger partial charge is 0.123 e. The van der Waals surface area contributed by atoms with Gasteiger partial charge in [0.15, 0.2) is 0 Å². The van der Waals surface area contributed by atoms with Crippen LogP contribution in [-0.4, -0.2) is 11.5 Å². The minimum atomic E-state index is 0.691. The molecule has 0 aliphatic carbocycles. The summed E-state index contributed by atoms with van der Waals surface area (Å²) in [5.41, 5.74) is 1.20. The van der Waals surface area contributed by atoms with Gasteiger partial charge in [0.1, 0.15) is 5.01 Å². The Kier molecular flexibility index (Phi) is 4.29. The Balaban J connectivity index is 1.97. The van der Waals surface area contributed by atoms with Crippen LogP contribution >= 0.6 is 11.3 Å². The third-order valence-corrected chi connectivity index (χ3v) is 3.47. The number of nitrogens with zero attached hydrogens (tertiary/aromatic N) is 1. The summed E-state index contributed by atoms with van der Waals surface area (Å²) in [6.45, 7) is 6.41. The Bertz CT molecular complexity index is 448. The number of aromatic nitrogens is 1. The molecule has 0 unspecified atom stereocenters. The lowest BCUT2D eigenvalue weighted by atomic mass is 10.2. The van der Waals surface area contributed by atoms with Gasteiger partial charge in [0.2, 0.25) is 0 Å². The van der Waals surface area contributed by atoms with Crippen LogP contribution in [0.5, 0.6) is 0 Å². The van der Waals surface area contributed by atoms with Crippen LogP contribution < -0.4 is 5.32 Å². The standard InChI is InChI=1S/C14H18N2S/c1-11(2)8-15-9-13-10-16-14(17-13)12-6-4-3-5-7-12/h3-7,10-11,15H,8-9H2,1-2H3. The summed E-state index contributed by atoms with van der Waals surface area (Å²) >= 11 is 1.76. The number of hydrogen-bond donors (Lipinski definition) is 1. The van der Waals surface area contributed by atoms with Crippen molar-refractivity contribution in [3.8, 4) is 10.6 Å². The highest BCUT2D eigenvalue weighted by Crippen LogP contribution is 2.24. The Hall–Kier alpha value is -1.19. The second-order valence-electron chi connectivity index (χ2n) is 4.52. The molecule has 0 radical (unpaired) electrons. The van der Waals surface area contributed by atoms with Crippen molar-refractivity contribution < 1.29 is 0 Å². The number of benzene rings is 1. The first-order valence-electron chi connectivity index (χ1n) is 5.96. The van der Waals surface area contributed by atoms with E-state index in [1.807, 2.05) is 24.4 Å². The maximum atomic E-state index is 4.46. The van der Waals surface area contributed by atoms with Crippen LogP contribution in [0.15, 0.2) is 36.5 Å². The molecule has 2 rings (SSSR count). The van der Waals surface area contributed by atoms with Crippen LogP contribution in [-0.2, 0) is 6.54 Å². The molecule has 0 amide bonds. The molecule has 1 heterocycles. The summed E-state index contributed by atoms with van der Waals surface area (Å²) in [7, 11) is 0. The van der Waals surface area contributed by atoms with Crippen molar-refractivity contribution in [2.45, 2.75) is 20.4 Å². The maximum Gasteiger partial charge on any atom is 0.123 e. The fourth-order valence-corrected chi connectivity index (χ4v) is 2.47. The molecule has 0 aliphatic heterocycles. The van der Waals surface area contributed by atoms with E-state index in [0.29, 0.717) is 5.92 Å². The SMILES string of the molecule is CC(C)CNCc1cnc(-c2ccccc2)s1. The van der Waals surface area contributed by atoms with E-state index < -0.39 is 0 Å². The fourth-order valence-electron chi connectivity index (χ4n) is 1.59. The Morgan fingerprint density at radius 3 is 2.71 bits per heavy atom. The van der Waals surface area contributed by atoms with Crippen LogP contribution in [0.1, 0.15) is 18.7 Å². The second kappa shape index (κ2) is 5.94. The van der Waals surface area contributed by atoms with Gasteiger partial charge in [-0.1, -0.05) is 44.2 Å². The van der Waals surface area contributed by atoms with Crippen molar-refractivity contribution >= 4 is 11.3 Å². The first kappa shape index (κ1) is 12.3. The van der Waals surface area contributed by atoms with Gasteiger partial charge < -0.3 is 5.32 Å². The van der Waals surface area contributed by atoms with E-state index in [2.05, 4.69) is 36.3 Å². The maximum absolute atomic E-state index is 4.46. The molecule has 0 saturated heterocycles. The molecule has 17 heavy (non-hydrogen) atoms. The van der Waals surface area contributed by atoms with Gasteiger partial charge in [-0.15, -0.1) is 11.3 Å². The van der Waals surface area contributed by atoms with E-state index in [1.54, 1.807) is 11.3 Å². The van der Waals surface area contributed by atoms with Crippen LogP contribution in [0.3, 0.4) is 0 Å². The molecule has 0 aliphatic rings. The summed E-state index contributed by atoms with van der Waals surface area (Å²) in [4.78, 5) is 5.76. The molecule has 0 saturated carbocycles. The van der Waals surface area contributed by atoms with Crippen molar-refractivity contribution in [2.24, 2.45) is 5.92 Å². The minimum Gasteiger partial charge on any atom is -0.312 e. The topological polar surface area (TPSA) is 24.9 Å². The Morgan fingerprint density at radius 2 is 2.00 bits per heavy atom. The molecule has 0 atom stereocenters. The van der Waals surface area contributed by atoms with Gasteiger partial charge in [-0.05, 0) is 12.5 Å². The Labute approximate surface area is 107 Å². The lowest BCUT2D eigenvalue weighted by Crippen LogP contribution is -2.18. The molecule has 1 aromatic carbocycles. The largest absolute Gasteiger partial charge is 0.312 e. The summed E-state index contributed by atoms with van der Waals surface area (Å²) < 4.78 is 0. The van der Waals surface area contributed by atoms with E-state index >= 15 is 0 Å². The van der Waals surface area contributed by atoms with E-state index in [0.717, 1.165) is 18.1 Å². The van der Waals surface area contributed by atoms with Gasteiger partial charge in [-0.2, -0.15) is 0 Å². The average Bonchev–Trinajstić information content (AvgIpc) is 2.78. The molecule has 1 N–H and O–H groups in total. The molecule has 2 aromatic rings. The summed E-state index contributed by atoms with van der Waals surface area (Å²) in [5.74, 6) is 0.691. The van der Waals surface area contributed by atoms with Crippen LogP contribution in [0.2, 0.25) is 0 Å². The number of nitrogens with one attached hydrogen (secondary N) is 1. The van der Waals surface area contributed by atoms with Crippen LogP contribution in [0, 0.1) is 5.92 Å². The predicted octanol–water partition coefficient (Wildman–Crippen LogP) is 3.56. The number of rotatable bonds is 5. The molecular weight excluding hydrogens is 228 g/mol. The highest BCUT2D eigenvalue weighted by atomic mass is 32.1. The monoisotopic (exact) mass is 246 g/mol. The average molecular weight is 246 g/mol. The van der Waals surface area contributed by atoms with E-state index in [9.17, 15) is 0 Å². The van der Waals surface area contributed by atoms with Gasteiger partial charge in [0, 0.05) is 23.2 Å². The first-order valence-corrected chi connectivity index (χ1v) is 6.78. The first-order chi connectivity index (χ1) is 8.25. The zero-order valence-corrected chi connectivity index (χ0v) is 11.1. The van der Waals surface area contributed by atoms with Gasteiger partial charge in [-0.25, -0.2) is 4.98 Å². The molecule has 0 fully saturated rings. The van der Waals surface area contributed by atoms with Crippen molar-refractivity contribution in [3.05, 3.63) is 41.4 Å². The zero-order valence-electron chi connectivity index (χ0n) is 10.3. The molecule has 0 spiro atoms. The van der Waals surface area contributed by atoms with E-state index in [4.69, 9.17) is 0 Å². The van der Waals surface area contributed by atoms with Crippen molar-refractivity contribution in [2.75, 3.05) is 6.54 Å². The number of thiazole rings is 1. The minimum absolute atomic E-state index is 0.691. The van der Waals surface area contributed by atoms with Crippen molar-refractivity contribution in [3.63, 3.8) is 0 Å². The summed E-state index contributed by atoms with van der Waals surface area (Å²) in [5, 5.41) is 4.54. The van der Waals surface area contributed by atoms with Crippen LogP contribution in [0.4, 0.5) is 0 Å². The molecule has 0 bridgehead atoms. The van der Waals surface area contributed by atoms with Crippen molar-refractivity contribution in [1.82, 2.24) is 10.3 Å². The van der Waals surface area contributed by atoms with Crippen LogP contribution in [0.25, 0.3) is 10.6 Å². The van der Waals surface area contributed by atoms with Gasteiger partial charge >= 0.3 is 0 Å². The quantitative estimate of drug-likeness (QED) is 0.872. The lowest BCUT2D eigenvalue weighted by Gasteiger charge is -2.04. The highest BCUT2D eigenvalue weighted by molar-refractivity contribution is 7.15. The van der Waals surface area contributed by atoms with Crippen molar-refractivity contribution in [1.29, 1.82) is 0 Å². The highest BCUT2D eigenvalue weighted by Gasteiger charge is 2.03. The Morgan fingerprint density at radius 1 is 1.24 bits per heavy atom. The van der Waals surface area contributed by atoms with Gasteiger partial charge in [-0.3, -0.25) is 0 Å². The molecular formula is C14H18N2S. The van der Waals surface area contributed by atoms with E-state index in [1.165, 1.54) is 10.4 Å². The third kappa shape index (κ3) is 3.65. The van der Waals surface area contributed by atoms with E-state index in [-0.39, 0.29) is 0 Å². The third-order valence-electron chi connectivity index (χ3n) is 2.43.